The highest BCUT2D eigenvalue weighted by Gasteiger charge is 2.12. The van der Waals surface area contributed by atoms with E-state index in [1.54, 1.807) is 0 Å². The second-order valence-electron chi connectivity index (χ2n) is 4.25. The Kier molecular flexibility index (Phi) is 4.97. The van der Waals surface area contributed by atoms with Crippen LogP contribution >= 0.6 is 0 Å². The van der Waals surface area contributed by atoms with Crippen LogP contribution in [0.1, 0.15) is 27.7 Å². The van der Waals surface area contributed by atoms with Crippen molar-refractivity contribution in [3.8, 4) is 6.07 Å². The van der Waals surface area contributed by atoms with Gasteiger partial charge in [0.2, 0.25) is 0 Å². The smallest absolute Gasteiger partial charge is 0.0947 e. The van der Waals surface area contributed by atoms with E-state index in [0.717, 1.165) is 6.54 Å². The van der Waals surface area contributed by atoms with Gasteiger partial charge in [0.1, 0.15) is 0 Å². The molecule has 3 heteroatoms. The molecule has 0 saturated carbocycles. The van der Waals surface area contributed by atoms with E-state index < -0.39 is 0 Å². The SMILES string of the molecule is CC(C#N)N(C)CCOC(C)(C)C. The van der Waals surface area contributed by atoms with Gasteiger partial charge >= 0.3 is 0 Å². The molecule has 3 nitrogen and oxygen atoms in total. The van der Waals surface area contributed by atoms with E-state index in [1.807, 2.05) is 39.6 Å². The molecule has 0 aromatic heterocycles. The zero-order valence-electron chi connectivity index (χ0n) is 9.29. The number of rotatable bonds is 4. The quantitative estimate of drug-likeness (QED) is 0.666. The van der Waals surface area contributed by atoms with Crippen LogP contribution < -0.4 is 0 Å². The molecular formula is C10H20N2O. The van der Waals surface area contributed by atoms with Crippen LogP contribution in [0.4, 0.5) is 0 Å². The third kappa shape index (κ3) is 6.56. The van der Waals surface area contributed by atoms with Crippen LogP contribution in [0.25, 0.3) is 0 Å². The molecule has 1 atom stereocenters. The lowest BCUT2D eigenvalue weighted by Gasteiger charge is -2.23. The molecule has 0 amide bonds. The zero-order chi connectivity index (χ0) is 10.5. The van der Waals surface area contributed by atoms with E-state index >= 15 is 0 Å². The standard InChI is InChI=1S/C10H20N2O/c1-9(8-11)12(5)6-7-13-10(2,3)4/h9H,6-7H2,1-5H3. The van der Waals surface area contributed by atoms with Gasteiger partial charge in [-0.3, -0.25) is 4.90 Å². The van der Waals surface area contributed by atoms with E-state index in [0.29, 0.717) is 6.61 Å². The van der Waals surface area contributed by atoms with Gasteiger partial charge in [0.05, 0.1) is 24.3 Å². The van der Waals surface area contributed by atoms with Gasteiger partial charge in [0.15, 0.2) is 0 Å². The van der Waals surface area contributed by atoms with Crippen LogP contribution in [0.5, 0.6) is 0 Å². The molecule has 0 N–H and O–H groups in total. The molecule has 0 aliphatic rings. The van der Waals surface area contributed by atoms with Gasteiger partial charge in [-0.2, -0.15) is 5.26 Å². The Labute approximate surface area is 81.3 Å². The Bertz CT molecular complexity index is 178. The maximum absolute atomic E-state index is 8.63. The maximum Gasteiger partial charge on any atom is 0.0947 e. The summed E-state index contributed by atoms with van der Waals surface area (Å²) in [7, 11) is 1.93. The van der Waals surface area contributed by atoms with Gasteiger partial charge in [0, 0.05) is 6.54 Å². The highest BCUT2D eigenvalue weighted by molar-refractivity contribution is 4.86. The van der Waals surface area contributed by atoms with Gasteiger partial charge in [-0.1, -0.05) is 0 Å². The molecule has 0 aliphatic carbocycles. The Balaban J connectivity index is 3.61. The van der Waals surface area contributed by atoms with Crippen molar-refractivity contribution in [2.45, 2.75) is 39.3 Å². The highest BCUT2D eigenvalue weighted by atomic mass is 16.5. The topological polar surface area (TPSA) is 36.3 Å². The van der Waals surface area contributed by atoms with E-state index in [-0.39, 0.29) is 11.6 Å². The van der Waals surface area contributed by atoms with E-state index in [4.69, 9.17) is 10.00 Å². The van der Waals surface area contributed by atoms with Gasteiger partial charge in [-0.25, -0.2) is 0 Å². The van der Waals surface area contributed by atoms with Crippen molar-refractivity contribution in [2.24, 2.45) is 0 Å². The third-order valence-electron chi connectivity index (χ3n) is 1.83. The number of nitrogens with zero attached hydrogens (tertiary/aromatic N) is 2. The Hall–Kier alpha value is -0.590. The van der Waals surface area contributed by atoms with E-state index in [1.165, 1.54) is 0 Å². The average molecular weight is 184 g/mol. The molecule has 13 heavy (non-hydrogen) atoms. The minimum Gasteiger partial charge on any atom is -0.375 e. The van der Waals surface area contributed by atoms with Gasteiger partial charge in [0.25, 0.3) is 0 Å². The van der Waals surface area contributed by atoms with Crippen LogP contribution in [0.3, 0.4) is 0 Å². The van der Waals surface area contributed by atoms with E-state index in [9.17, 15) is 0 Å². The first kappa shape index (κ1) is 12.4. The molecule has 0 bridgehead atoms. The zero-order valence-corrected chi connectivity index (χ0v) is 9.29. The summed E-state index contributed by atoms with van der Waals surface area (Å²) in [6.07, 6.45) is 0. The summed E-state index contributed by atoms with van der Waals surface area (Å²) in [5, 5.41) is 8.63. The Morgan fingerprint density at radius 3 is 2.38 bits per heavy atom. The summed E-state index contributed by atoms with van der Waals surface area (Å²) in [6.45, 7) is 9.44. The van der Waals surface area contributed by atoms with Crippen LogP contribution in [0.2, 0.25) is 0 Å². The van der Waals surface area contributed by atoms with E-state index in [2.05, 4.69) is 6.07 Å². The van der Waals surface area contributed by atoms with Crippen molar-refractivity contribution in [3.63, 3.8) is 0 Å². The lowest BCUT2D eigenvalue weighted by molar-refractivity contribution is -0.0121. The largest absolute Gasteiger partial charge is 0.375 e. The van der Waals surface area contributed by atoms with Crippen molar-refractivity contribution in [1.29, 1.82) is 5.26 Å². The molecule has 0 fully saturated rings. The minimum atomic E-state index is -0.0866. The van der Waals surface area contributed by atoms with Crippen molar-refractivity contribution < 1.29 is 4.74 Å². The van der Waals surface area contributed by atoms with Crippen molar-refractivity contribution in [1.82, 2.24) is 4.90 Å². The van der Waals surface area contributed by atoms with Gasteiger partial charge < -0.3 is 4.74 Å². The van der Waals surface area contributed by atoms with Crippen molar-refractivity contribution in [2.75, 3.05) is 20.2 Å². The number of hydrogen-bond acceptors (Lipinski definition) is 3. The Morgan fingerprint density at radius 2 is 2.00 bits per heavy atom. The fourth-order valence-corrected chi connectivity index (χ4v) is 0.788. The van der Waals surface area contributed by atoms with Crippen molar-refractivity contribution in [3.05, 3.63) is 0 Å². The lowest BCUT2D eigenvalue weighted by Crippen LogP contribution is -2.33. The summed E-state index contributed by atoms with van der Waals surface area (Å²) in [6, 6.07) is 2.14. The third-order valence-corrected chi connectivity index (χ3v) is 1.83. The highest BCUT2D eigenvalue weighted by Crippen LogP contribution is 2.06. The van der Waals surface area contributed by atoms with Crippen LogP contribution in [0.15, 0.2) is 0 Å². The number of ether oxygens (including phenoxy) is 1. The van der Waals surface area contributed by atoms with Crippen molar-refractivity contribution >= 4 is 0 Å². The summed E-state index contributed by atoms with van der Waals surface area (Å²) in [5.41, 5.74) is -0.0866. The summed E-state index contributed by atoms with van der Waals surface area (Å²) in [5.74, 6) is 0. The normalized spacial score (nSPS) is 14.2. The van der Waals surface area contributed by atoms with Crippen LogP contribution in [0, 0.1) is 11.3 Å². The summed E-state index contributed by atoms with van der Waals surface area (Å²) < 4.78 is 5.54. The summed E-state index contributed by atoms with van der Waals surface area (Å²) >= 11 is 0. The molecule has 0 aromatic rings. The van der Waals surface area contributed by atoms with Crippen LogP contribution in [-0.2, 0) is 4.74 Å². The number of hydrogen-bond donors (Lipinski definition) is 0. The van der Waals surface area contributed by atoms with Crippen LogP contribution in [-0.4, -0.2) is 36.7 Å². The molecule has 0 aromatic carbocycles. The number of likely N-dealkylation sites (N-methyl/N-ethyl adjacent to an activating group) is 1. The first-order valence-corrected chi connectivity index (χ1v) is 4.60. The number of nitriles is 1. The molecule has 0 rings (SSSR count). The molecule has 0 heterocycles. The molecule has 0 spiro atoms. The minimum absolute atomic E-state index is 0.0384. The first-order chi connectivity index (χ1) is 5.87. The fraction of sp³-hybridized carbons (Fsp3) is 0.900. The lowest BCUT2D eigenvalue weighted by atomic mass is 10.2. The predicted octanol–water partition coefficient (Wildman–Crippen LogP) is 1.65. The summed E-state index contributed by atoms with van der Waals surface area (Å²) in [4.78, 5) is 1.98. The maximum atomic E-state index is 8.63. The second-order valence-corrected chi connectivity index (χ2v) is 4.25. The molecule has 1 unspecified atom stereocenters. The predicted molar refractivity (Wildman–Crippen MR) is 53.4 cm³/mol. The van der Waals surface area contributed by atoms with Gasteiger partial charge in [-0.05, 0) is 34.7 Å². The molecule has 0 radical (unpaired) electrons. The molecule has 0 saturated heterocycles. The monoisotopic (exact) mass is 184 g/mol. The molecule has 0 aliphatic heterocycles. The second kappa shape index (κ2) is 5.21. The van der Waals surface area contributed by atoms with Gasteiger partial charge in [-0.15, -0.1) is 0 Å². The fourth-order valence-electron chi connectivity index (χ4n) is 0.788. The molecule has 76 valence electrons. The first-order valence-electron chi connectivity index (χ1n) is 4.60. The average Bonchev–Trinajstić information content (AvgIpc) is 2.00. The Morgan fingerprint density at radius 1 is 1.46 bits per heavy atom. The molecular weight excluding hydrogens is 164 g/mol.